The molecule has 29 heavy (non-hydrogen) atoms. The van der Waals surface area contributed by atoms with Crippen LogP contribution in [0, 0.1) is 47.8 Å². The van der Waals surface area contributed by atoms with Crippen molar-refractivity contribution in [1.82, 2.24) is 5.32 Å². The molecule has 1 amide bonds. The highest BCUT2D eigenvalue weighted by atomic mass is 16.5. The largest absolute Gasteiger partial charge is 0.468 e. The molecule has 2 aromatic rings. The second-order valence-electron chi connectivity index (χ2n) is 7.23. The quantitative estimate of drug-likeness (QED) is 0.644. The van der Waals surface area contributed by atoms with Crippen LogP contribution in [0.1, 0.15) is 34.2 Å². The molecule has 3 rings (SSSR count). The Morgan fingerprint density at radius 3 is 2.00 bits per heavy atom. The second kappa shape index (κ2) is 7.77. The molecule has 6 nitrogen and oxygen atoms in total. The molecular weight excluding hydrogens is 366 g/mol. The second-order valence-corrected chi connectivity index (χ2v) is 7.23. The van der Waals surface area contributed by atoms with Gasteiger partial charge in [-0.2, -0.15) is 10.5 Å². The van der Waals surface area contributed by atoms with Gasteiger partial charge in [-0.15, -0.1) is 0 Å². The number of carbonyl (C=O) groups is 2. The number of amides is 1. The summed E-state index contributed by atoms with van der Waals surface area (Å²) < 4.78 is 4.88. The van der Waals surface area contributed by atoms with E-state index in [1.807, 2.05) is 38.1 Å². The number of benzene rings is 2. The van der Waals surface area contributed by atoms with Gasteiger partial charge >= 0.3 is 5.97 Å². The maximum Gasteiger partial charge on any atom is 0.318 e. The molecular formula is C23H21N3O3. The first-order valence-electron chi connectivity index (χ1n) is 9.23. The number of hydrogen-bond acceptors (Lipinski definition) is 5. The van der Waals surface area contributed by atoms with Crippen LogP contribution < -0.4 is 5.32 Å². The Hall–Kier alpha value is -3.64. The number of hydrogen-bond donors (Lipinski definition) is 1. The first-order chi connectivity index (χ1) is 13.9. The minimum absolute atomic E-state index is 0.556. The van der Waals surface area contributed by atoms with Crippen molar-refractivity contribution in [2.45, 2.75) is 25.8 Å². The van der Waals surface area contributed by atoms with E-state index < -0.39 is 35.2 Å². The summed E-state index contributed by atoms with van der Waals surface area (Å²) in [5.74, 6) is -3.61. The third-order valence-electron chi connectivity index (χ3n) is 5.70. The lowest BCUT2D eigenvalue weighted by Crippen LogP contribution is -2.57. The van der Waals surface area contributed by atoms with Gasteiger partial charge in [-0.25, -0.2) is 0 Å². The smallest absolute Gasteiger partial charge is 0.318 e. The van der Waals surface area contributed by atoms with E-state index in [4.69, 9.17) is 4.74 Å². The molecule has 6 heteroatoms. The number of methoxy groups -OCH3 is 1. The van der Waals surface area contributed by atoms with Crippen LogP contribution in [0.4, 0.5) is 0 Å². The van der Waals surface area contributed by atoms with Gasteiger partial charge in [0.05, 0.1) is 25.3 Å². The fourth-order valence-corrected chi connectivity index (χ4v) is 4.20. The van der Waals surface area contributed by atoms with Gasteiger partial charge in [0.1, 0.15) is 5.92 Å². The predicted octanol–water partition coefficient (Wildman–Crippen LogP) is 3.08. The maximum absolute atomic E-state index is 13.1. The van der Waals surface area contributed by atoms with E-state index in [9.17, 15) is 20.1 Å². The monoisotopic (exact) mass is 387 g/mol. The summed E-state index contributed by atoms with van der Waals surface area (Å²) in [7, 11) is 1.19. The van der Waals surface area contributed by atoms with Crippen LogP contribution >= 0.6 is 0 Å². The Morgan fingerprint density at radius 2 is 1.52 bits per heavy atom. The number of piperidine rings is 1. The minimum Gasteiger partial charge on any atom is -0.468 e. The molecule has 0 aliphatic carbocycles. The molecule has 1 heterocycles. The lowest BCUT2D eigenvalue weighted by atomic mass is 9.59. The van der Waals surface area contributed by atoms with Crippen LogP contribution in [0.25, 0.3) is 0 Å². The van der Waals surface area contributed by atoms with Crippen LogP contribution in [0.2, 0.25) is 0 Å². The van der Waals surface area contributed by atoms with Gasteiger partial charge in [-0.3, -0.25) is 9.59 Å². The fraction of sp³-hybridized carbons (Fsp3) is 0.304. The number of nitrogens with one attached hydrogen (secondary N) is 1. The van der Waals surface area contributed by atoms with E-state index in [2.05, 4.69) is 17.5 Å². The van der Waals surface area contributed by atoms with Gasteiger partial charge in [0, 0.05) is 5.92 Å². The van der Waals surface area contributed by atoms with E-state index in [0.29, 0.717) is 11.1 Å². The number of ether oxygens (including phenoxy) is 1. The molecule has 1 saturated heterocycles. The summed E-state index contributed by atoms with van der Waals surface area (Å²) in [4.78, 5) is 25.7. The number of nitrogens with zero attached hydrogens (tertiary/aromatic N) is 2. The molecule has 146 valence electrons. The minimum atomic E-state index is -1.70. The van der Waals surface area contributed by atoms with Gasteiger partial charge in [0.15, 0.2) is 5.41 Å². The van der Waals surface area contributed by atoms with Crippen molar-refractivity contribution in [2.75, 3.05) is 7.11 Å². The number of rotatable bonds is 3. The van der Waals surface area contributed by atoms with Crippen LogP contribution in [0.5, 0.6) is 0 Å². The Kier molecular flexibility index (Phi) is 5.39. The molecule has 1 N–H and O–H groups in total. The lowest BCUT2D eigenvalue weighted by Gasteiger charge is -2.44. The van der Waals surface area contributed by atoms with Crippen molar-refractivity contribution in [3.63, 3.8) is 0 Å². The zero-order valence-corrected chi connectivity index (χ0v) is 16.5. The van der Waals surface area contributed by atoms with Crippen LogP contribution in [0.15, 0.2) is 48.5 Å². The maximum atomic E-state index is 13.1. The summed E-state index contributed by atoms with van der Waals surface area (Å²) in [6.07, 6.45) is 0. The van der Waals surface area contributed by atoms with Gasteiger partial charge in [-0.1, -0.05) is 48.5 Å². The molecule has 0 saturated carbocycles. The zero-order chi connectivity index (χ0) is 21.2. The standard InChI is InChI=1S/C23H21N3O3/c1-14-8-4-6-10-16(14)19-18(22(28)29-3)21(27)26-20(23(19,12-24)13-25)17-11-7-5-9-15(17)2/h4-11,18-20H,1-3H3,(H,26,27). The Labute approximate surface area is 169 Å². The summed E-state index contributed by atoms with van der Waals surface area (Å²) in [6, 6.07) is 17.9. The molecule has 1 aliphatic rings. The van der Waals surface area contributed by atoms with Gasteiger partial charge in [0.2, 0.25) is 5.91 Å². The molecule has 0 spiro atoms. The summed E-state index contributed by atoms with van der Waals surface area (Å²) in [5, 5.41) is 23.3. The molecule has 0 radical (unpaired) electrons. The number of nitriles is 2. The number of esters is 1. The predicted molar refractivity (Wildman–Crippen MR) is 105 cm³/mol. The average molecular weight is 387 g/mol. The summed E-state index contributed by atoms with van der Waals surface area (Å²) >= 11 is 0. The topological polar surface area (TPSA) is 103 Å². The highest BCUT2D eigenvalue weighted by Gasteiger charge is 2.60. The Bertz CT molecular complexity index is 1030. The lowest BCUT2D eigenvalue weighted by molar-refractivity contribution is -0.154. The average Bonchev–Trinajstić information content (AvgIpc) is 2.73. The molecule has 0 aromatic heterocycles. The molecule has 0 bridgehead atoms. The molecule has 2 aromatic carbocycles. The summed E-state index contributed by atoms with van der Waals surface area (Å²) in [6.45, 7) is 3.69. The third kappa shape index (κ3) is 3.13. The molecule has 3 unspecified atom stereocenters. The van der Waals surface area contributed by atoms with Crippen LogP contribution in [-0.2, 0) is 14.3 Å². The van der Waals surface area contributed by atoms with Gasteiger partial charge < -0.3 is 10.1 Å². The van der Waals surface area contributed by atoms with Gasteiger partial charge in [0.25, 0.3) is 0 Å². The Balaban J connectivity index is 2.33. The first-order valence-corrected chi connectivity index (χ1v) is 9.23. The van der Waals surface area contributed by atoms with E-state index in [0.717, 1.165) is 11.1 Å². The third-order valence-corrected chi connectivity index (χ3v) is 5.70. The summed E-state index contributed by atoms with van der Waals surface area (Å²) in [5.41, 5.74) is 1.21. The van der Waals surface area contributed by atoms with Crippen molar-refractivity contribution < 1.29 is 14.3 Å². The van der Waals surface area contributed by atoms with E-state index in [1.54, 1.807) is 24.3 Å². The Morgan fingerprint density at radius 1 is 1.00 bits per heavy atom. The fourth-order valence-electron chi connectivity index (χ4n) is 4.20. The van der Waals surface area contributed by atoms with Crippen molar-refractivity contribution in [1.29, 1.82) is 10.5 Å². The van der Waals surface area contributed by atoms with E-state index in [-0.39, 0.29) is 0 Å². The number of carbonyl (C=O) groups excluding carboxylic acids is 2. The highest BCUT2D eigenvalue weighted by molar-refractivity contribution is 6.00. The van der Waals surface area contributed by atoms with E-state index >= 15 is 0 Å². The van der Waals surface area contributed by atoms with Crippen molar-refractivity contribution in [3.05, 3.63) is 70.8 Å². The normalized spacial score (nSPS) is 22.7. The number of aryl methyl sites for hydroxylation is 2. The highest BCUT2D eigenvalue weighted by Crippen LogP contribution is 2.53. The molecule has 3 atom stereocenters. The van der Waals surface area contributed by atoms with Crippen molar-refractivity contribution in [2.24, 2.45) is 11.3 Å². The molecule has 1 fully saturated rings. The van der Waals surface area contributed by atoms with Gasteiger partial charge in [-0.05, 0) is 36.1 Å². The SMILES string of the molecule is COC(=O)C1C(=O)NC(c2ccccc2C)C(C#N)(C#N)C1c1ccccc1C. The van der Waals surface area contributed by atoms with E-state index in [1.165, 1.54) is 7.11 Å². The first kappa shape index (κ1) is 20.1. The van der Waals surface area contributed by atoms with Crippen molar-refractivity contribution >= 4 is 11.9 Å². The van der Waals surface area contributed by atoms with Crippen LogP contribution in [0.3, 0.4) is 0 Å². The molecule has 1 aliphatic heterocycles. The zero-order valence-electron chi connectivity index (χ0n) is 16.5. The van der Waals surface area contributed by atoms with Crippen LogP contribution in [-0.4, -0.2) is 19.0 Å². The van der Waals surface area contributed by atoms with Crippen molar-refractivity contribution in [3.8, 4) is 12.1 Å².